The maximum absolute atomic E-state index is 12.1. The summed E-state index contributed by atoms with van der Waals surface area (Å²) in [5.41, 5.74) is 0.654. The van der Waals surface area contributed by atoms with E-state index < -0.39 is 5.97 Å². The number of esters is 1. The van der Waals surface area contributed by atoms with Gasteiger partial charge in [-0.1, -0.05) is 13.0 Å². The number of hydrogen-bond acceptors (Lipinski definition) is 5. The normalized spacial score (nSPS) is 15.0. The second kappa shape index (κ2) is 8.60. The molecule has 0 bridgehead atoms. The Hall–Kier alpha value is -1.79. The molecule has 1 fully saturated rings. The largest absolute Gasteiger partial charge is 0.482 e. The number of hydrogen-bond donors (Lipinski definition) is 2. The Bertz CT molecular complexity index is 520. The Kier molecular flexibility index (Phi) is 7.14. The summed E-state index contributed by atoms with van der Waals surface area (Å²) in [4.78, 5) is 23.1. The lowest BCUT2D eigenvalue weighted by Gasteiger charge is -2.31. The standard InChI is InChI=1S/C15H20N2O4.ClH/c1-10(11-7-16-8-11)15(19)17-12-4-3-5-13(6-12)21-9-14(18)20-2;/h3-6,10-11,16H,7-9H2,1-2H3,(H,17,19);1H. The summed E-state index contributed by atoms with van der Waals surface area (Å²) in [5.74, 6) is 0.410. The molecular weight excluding hydrogens is 308 g/mol. The van der Waals surface area contributed by atoms with Gasteiger partial charge in [0.2, 0.25) is 5.91 Å². The summed E-state index contributed by atoms with van der Waals surface area (Å²) in [6, 6.07) is 6.96. The minimum absolute atomic E-state index is 0. The van der Waals surface area contributed by atoms with Crippen molar-refractivity contribution < 1.29 is 19.1 Å². The van der Waals surface area contributed by atoms with Crippen LogP contribution in [0.1, 0.15) is 6.92 Å². The van der Waals surface area contributed by atoms with Gasteiger partial charge in [-0.05, 0) is 31.1 Å². The molecule has 0 aromatic heterocycles. The van der Waals surface area contributed by atoms with Crippen LogP contribution in [0.5, 0.6) is 5.75 Å². The van der Waals surface area contributed by atoms with Crippen molar-refractivity contribution >= 4 is 30.0 Å². The van der Waals surface area contributed by atoms with E-state index >= 15 is 0 Å². The number of methoxy groups -OCH3 is 1. The first-order chi connectivity index (χ1) is 10.1. The highest BCUT2D eigenvalue weighted by molar-refractivity contribution is 5.92. The topological polar surface area (TPSA) is 76.7 Å². The van der Waals surface area contributed by atoms with Gasteiger partial charge in [-0.25, -0.2) is 4.79 Å². The van der Waals surface area contributed by atoms with E-state index in [9.17, 15) is 9.59 Å². The van der Waals surface area contributed by atoms with Crippen molar-refractivity contribution in [3.8, 4) is 5.75 Å². The van der Waals surface area contributed by atoms with E-state index in [1.54, 1.807) is 24.3 Å². The average Bonchev–Trinajstić information content (AvgIpc) is 2.43. The zero-order valence-corrected chi connectivity index (χ0v) is 13.4. The summed E-state index contributed by atoms with van der Waals surface area (Å²) in [6.45, 7) is 3.55. The number of halogens is 1. The van der Waals surface area contributed by atoms with Crippen LogP contribution in [0, 0.1) is 11.8 Å². The Balaban J connectivity index is 0.00000242. The molecular formula is C15H21ClN2O4. The minimum atomic E-state index is -0.449. The van der Waals surface area contributed by atoms with Gasteiger partial charge in [-0.2, -0.15) is 0 Å². The van der Waals surface area contributed by atoms with Crippen LogP contribution in [-0.2, 0) is 14.3 Å². The van der Waals surface area contributed by atoms with Crippen LogP contribution in [0.4, 0.5) is 5.69 Å². The first kappa shape index (κ1) is 18.3. The van der Waals surface area contributed by atoms with Crippen LogP contribution in [0.15, 0.2) is 24.3 Å². The van der Waals surface area contributed by atoms with E-state index in [1.807, 2.05) is 6.92 Å². The van der Waals surface area contributed by atoms with E-state index in [2.05, 4.69) is 15.4 Å². The third kappa shape index (κ3) is 4.89. The average molecular weight is 329 g/mol. The molecule has 1 unspecified atom stereocenters. The van der Waals surface area contributed by atoms with E-state index in [0.717, 1.165) is 13.1 Å². The second-order valence-electron chi connectivity index (χ2n) is 5.09. The number of rotatable bonds is 6. The van der Waals surface area contributed by atoms with Crippen LogP contribution in [0.25, 0.3) is 0 Å². The van der Waals surface area contributed by atoms with Crippen LogP contribution in [-0.4, -0.2) is 38.7 Å². The Morgan fingerprint density at radius 1 is 1.41 bits per heavy atom. The Morgan fingerprint density at radius 2 is 2.14 bits per heavy atom. The fourth-order valence-corrected chi connectivity index (χ4v) is 2.00. The highest BCUT2D eigenvalue weighted by atomic mass is 35.5. The van der Waals surface area contributed by atoms with E-state index in [-0.39, 0.29) is 30.8 Å². The quantitative estimate of drug-likeness (QED) is 0.773. The highest BCUT2D eigenvalue weighted by Gasteiger charge is 2.28. The van der Waals surface area contributed by atoms with Gasteiger partial charge in [0, 0.05) is 17.7 Å². The van der Waals surface area contributed by atoms with Gasteiger partial charge in [-0.15, -0.1) is 12.4 Å². The molecule has 0 spiro atoms. The second-order valence-corrected chi connectivity index (χ2v) is 5.09. The van der Waals surface area contributed by atoms with Crippen LogP contribution in [0.3, 0.4) is 0 Å². The van der Waals surface area contributed by atoms with Crippen molar-refractivity contribution in [1.82, 2.24) is 5.32 Å². The SMILES string of the molecule is COC(=O)COc1cccc(NC(=O)C(C)C2CNC2)c1.Cl. The minimum Gasteiger partial charge on any atom is -0.482 e. The third-order valence-electron chi connectivity index (χ3n) is 3.62. The van der Waals surface area contributed by atoms with Crippen molar-refractivity contribution in [2.45, 2.75) is 6.92 Å². The number of carbonyl (C=O) groups excluding carboxylic acids is 2. The van der Waals surface area contributed by atoms with Crippen LogP contribution >= 0.6 is 12.4 Å². The van der Waals surface area contributed by atoms with Crippen molar-refractivity contribution in [2.24, 2.45) is 11.8 Å². The highest BCUT2D eigenvalue weighted by Crippen LogP contribution is 2.21. The molecule has 2 N–H and O–H groups in total. The summed E-state index contributed by atoms with van der Waals surface area (Å²) >= 11 is 0. The Labute approximate surface area is 136 Å². The number of amides is 1. The van der Waals surface area contributed by atoms with Crippen LogP contribution in [0.2, 0.25) is 0 Å². The van der Waals surface area contributed by atoms with Gasteiger partial charge >= 0.3 is 5.97 Å². The van der Waals surface area contributed by atoms with E-state index in [0.29, 0.717) is 17.4 Å². The van der Waals surface area contributed by atoms with Gasteiger partial charge in [0.1, 0.15) is 5.75 Å². The van der Waals surface area contributed by atoms with Gasteiger partial charge in [-0.3, -0.25) is 4.79 Å². The number of carbonyl (C=O) groups is 2. The van der Waals surface area contributed by atoms with Gasteiger partial charge in [0.15, 0.2) is 6.61 Å². The molecule has 0 aliphatic carbocycles. The lowest BCUT2D eigenvalue weighted by atomic mass is 9.88. The molecule has 1 saturated heterocycles. The van der Waals surface area contributed by atoms with E-state index in [1.165, 1.54) is 7.11 Å². The molecule has 1 aromatic rings. The fraction of sp³-hybridized carbons (Fsp3) is 0.467. The molecule has 2 rings (SSSR count). The molecule has 7 heteroatoms. The zero-order valence-electron chi connectivity index (χ0n) is 12.6. The predicted molar refractivity (Wildman–Crippen MR) is 85.4 cm³/mol. The number of nitrogens with one attached hydrogen (secondary N) is 2. The van der Waals surface area contributed by atoms with Crippen LogP contribution < -0.4 is 15.4 Å². The molecule has 0 saturated carbocycles. The van der Waals surface area contributed by atoms with Crippen molar-refractivity contribution in [3.05, 3.63) is 24.3 Å². The Morgan fingerprint density at radius 3 is 2.73 bits per heavy atom. The summed E-state index contributed by atoms with van der Waals surface area (Å²) < 4.78 is 9.79. The lowest BCUT2D eigenvalue weighted by Crippen LogP contribution is -2.48. The van der Waals surface area contributed by atoms with Gasteiger partial charge in [0.25, 0.3) is 0 Å². The predicted octanol–water partition coefficient (Wildman–Crippen LogP) is 1.45. The van der Waals surface area contributed by atoms with Crippen molar-refractivity contribution in [2.75, 3.05) is 32.1 Å². The number of anilines is 1. The summed E-state index contributed by atoms with van der Waals surface area (Å²) in [7, 11) is 1.30. The number of benzene rings is 1. The fourth-order valence-electron chi connectivity index (χ4n) is 2.00. The van der Waals surface area contributed by atoms with Gasteiger partial charge in [0.05, 0.1) is 7.11 Å². The van der Waals surface area contributed by atoms with Gasteiger partial charge < -0.3 is 20.1 Å². The first-order valence-electron chi connectivity index (χ1n) is 6.91. The monoisotopic (exact) mass is 328 g/mol. The smallest absolute Gasteiger partial charge is 0.343 e. The molecule has 0 radical (unpaired) electrons. The zero-order chi connectivity index (χ0) is 15.2. The third-order valence-corrected chi connectivity index (χ3v) is 3.62. The van der Waals surface area contributed by atoms with E-state index in [4.69, 9.17) is 4.74 Å². The molecule has 1 heterocycles. The molecule has 1 aliphatic heterocycles. The lowest BCUT2D eigenvalue weighted by molar-refractivity contribution is -0.142. The molecule has 122 valence electrons. The molecule has 6 nitrogen and oxygen atoms in total. The molecule has 1 aliphatic rings. The summed E-state index contributed by atoms with van der Waals surface area (Å²) in [6.07, 6.45) is 0. The first-order valence-corrected chi connectivity index (χ1v) is 6.91. The molecule has 1 aromatic carbocycles. The number of ether oxygens (including phenoxy) is 2. The molecule has 1 amide bonds. The maximum atomic E-state index is 12.1. The van der Waals surface area contributed by atoms with Crippen molar-refractivity contribution in [1.29, 1.82) is 0 Å². The molecule has 22 heavy (non-hydrogen) atoms. The maximum Gasteiger partial charge on any atom is 0.343 e. The van der Waals surface area contributed by atoms with Crippen molar-refractivity contribution in [3.63, 3.8) is 0 Å². The summed E-state index contributed by atoms with van der Waals surface area (Å²) in [5, 5.41) is 6.03. The molecule has 1 atom stereocenters.